The Balaban J connectivity index is 2.50. The monoisotopic (exact) mass is 259 g/mol. The summed E-state index contributed by atoms with van der Waals surface area (Å²) < 4.78 is 35.5. The first-order valence-corrected chi connectivity index (χ1v) is 5.43. The van der Waals surface area contributed by atoms with E-state index in [2.05, 4.69) is 5.32 Å². The van der Waals surface area contributed by atoms with E-state index in [1.807, 2.05) is 0 Å². The van der Waals surface area contributed by atoms with Crippen LogP contribution in [-0.2, 0) is 9.53 Å². The zero-order valence-corrected chi connectivity index (χ0v) is 10.2. The minimum Gasteiger partial charge on any atom is -0.481 e. The Kier molecular flexibility index (Phi) is 5.51. The predicted octanol–water partition coefficient (Wildman–Crippen LogP) is 1.49. The van der Waals surface area contributed by atoms with Crippen LogP contribution in [0.25, 0.3) is 0 Å². The Morgan fingerprint density at radius 1 is 1.39 bits per heavy atom. The highest BCUT2D eigenvalue weighted by Crippen LogP contribution is 2.16. The lowest BCUT2D eigenvalue weighted by Crippen LogP contribution is -2.37. The molecule has 1 unspecified atom stereocenters. The second-order valence-corrected chi connectivity index (χ2v) is 3.62. The highest BCUT2D eigenvalue weighted by Gasteiger charge is 2.14. The van der Waals surface area contributed by atoms with Crippen LogP contribution < -0.4 is 10.1 Å². The Labute approximate surface area is 104 Å². The smallest absolute Gasteiger partial charge is 0.260 e. The molecule has 1 amide bonds. The van der Waals surface area contributed by atoms with E-state index in [9.17, 15) is 13.6 Å². The van der Waals surface area contributed by atoms with Crippen molar-refractivity contribution in [3.63, 3.8) is 0 Å². The van der Waals surface area contributed by atoms with Crippen molar-refractivity contribution in [2.45, 2.75) is 13.0 Å². The van der Waals surface area contributed by atoms with Gasteiger partial charge in [0.15, 0.2) is 17.7 Å². The quantitative estimate of drug-likeness (QED) is 0.787. The number of methoxy groups -OCH3 is 1. The summed E-state index contributed by atoms with van der Waals surface area (Å²) in [7, 11) is 1.52. The van der Waals surface area contributed by atoms with Crippen LogP contribution in [0, 0.1) is 11.6 Å². The fourth-order valence-electron chi connectivity index (χ4n) is 1.23. The molecule has 1 rings (SSSR count). The van der Waals surface area contributed by atoms with E-state index in [1.54, 1.807) is 0 Å². The van der Waals surface area contributed by atoms with Crippen molar-refractivity contribution in [1.82, 2.24) is 5.32 Å². The molecule has 0 saturated carbocycles. The van der Waals surface area contributed by atoms with Gasteiger partial charge in [0.25, 0.3) is 5.91 Å². The highest BCUT2D eigenvalue weighted by molar-refractivity contribution is 5.80. The molecule has 0 bridgehead atoms. The van der Waals surface area contributed by atoms with Crippen LogP contribution in [0.15, 0.2) is 18.2 Å². The zero-order chi connectivity index (χ0) is 13.5. The number of hydrogen-bond donors (Lipinski definition) is 1. The summed E-state index contributed by atoms with van der Waals surface area (Å²) in [6.07, 6.45) is -0.799. The van der Waals surface area contributed by atoms with E-state index < -0.39 is 17.7 Å². The van der Waals surface area contributed by atoms with Crippen LogP contribution in [0.3, 0.4) is 0 Å². The molecule has 100 valence electrons. The van der Waals surface area contributed by atoms with Gasteiger partial charge in [0, 0.05) is 19.7 Å². The van der Waals surface area contributed by atoms with Crippen molar-refractivity contribution in [2.75, 3.05) is 20.3 Å². The minimum absolute atomic E-state index is 0.100. The summed E-state index contributed by atoms with van der Waals surface area (Å²) in [5.41, 5.74) is 0. The van der Waals surface area contributed by atoms with Crippen molar-refractivity contribution in [2.24, 2.45) is 0 Å². The van der Waals surface area contributed by atoms with Gasteiger partial charge < -0.3 is 14.8 Å². The predicted molar refractivity (Wildman–Crippen MR) is 61.3 cm³/mol. The molecule has 6 heteroatoms. The highest BCUT2D eigenvalue weighted by atomic mass is 19.2. The fraction of sp³-hybridized carbons (Fsp3) is 0.417. The number of ether oxygens (including phenoxy) is 2. The maximum absolute atomic E-state index is 12.9. The number of rotatable bonds is 6. The van der Waals surface area contributed by atoms with Crippen LogP contribution in [0.4, 0.5) is 8.78 Å². The fourth-order valence-corrected chi connectivity index (χ4v) is 1.23. The van der Waals surface area contributed by atoms with E-state index in [0.29, 0.717) is 13.2 Å². The molecule has 18 heavy (non-hydrogen) atoms. The van der Waals surface area contributed by atoms with Crippen LogP contribution in [0.2, 0.25) is 0 Å². The van der Waals surface area contributed by atoms with Gasteiger partial charge in [-0.3, -0.25) is 4.79 Å². The molecular formula is C12H15F2NO3. The number of halogens is 2. The SMILES string of the molecule is COCCNC(=O)C(C)Oc1ccc(F)c(F)c1. The zero-order valence-electron chi connectivity index (χ0n) is 10.2. The van der Waals surface area contributed by atoms with Crippen molar-refractivity contribution in [3.8, 4) is 5.75 Å². The van der Waals surface area contributed by atoms with Gasteiger partial charge in [-0.2, -0.15) is 0 Å². The molecule has 1 atom stereocenters. The molecule has 0 aromatic heterocycles. The standard InChI is InChI=1S/C12H15F2NO3/c1-8(12(16)15-5-6-17-2)18-9-3-4-10(13)11(14)7-9/h3-4,7-8H,5-6H2,1-2H3,(H,15,16). The van der Waals surface area contributed by atoms with Gasteiger partial charge >= 0.3 is 0 Å². The molecule has 4 nitrogen and oxygen atoms in total. The first-order chi connectivity index (χ1) is 8.54. The van der Waals surface area contributed by atoms with Crippen LogP contribution in [0.1, 0.15) is 6.92 Å². The molecule has 1 aromatic rings. The van der Waals surface area contributed by atoms with Gasteiger partial charge in [-0.15, -0.1) is 0 Å². The molecule has 0 saturated heterocycles. The lowest BCUT2D eigenvalue weighted by Gasteiger charge is -2.14. The number of amides is 1. The second kappa shape index (κ2) is 6.90. The molecule has 0 radical (unpaired) electrons. The van der Waals surface area contributed by atoms with Crippen LogP contribution in [-0.4, -0.2) is 32.3 Å². The van der Waals surface area contributed by atoms with Gasteiger partial charge in [-0.25, -0.2) is 8.78 Å². The van der Waals surface area contributed by atoms with Gasteiger partial charge in [0.05, 0.1) is 6.61 Å². The second-order valence-electron chi connectivity index (χ2n) is 3.62. The molecule has 0 heterocycles. The van der Waals surface area contributed by atoms with E-state index >= 15 is 0 Å². The Hall–Kier alpha value is -1.69. The van der Waals surface area contributed by atoms with E-state index in [4.69, 9.17) is 9.47 Å². The lowest BCUT2D eigenvalue weighted by atomic mass is 10.3. The first-order valence-electron chi connectivity index (χ1n) is 5.43. The van der Waals surface area contributed by atoms with E-state index in [-0.39, 0.29) is 11.7 Å². The number of hydrogen-bond acceptors (Lipinski definition) is 3. The number of carbonyl (C=O) groups excluding carboxylic acids is 1. The van der Waals surface area contributed by atoms with Gasteiger partial charge in [0.1, 0.15) is 5.75 Å². The normalized spacial score (nSPS) is 12.0. The summed E-state index contributed by atoms with van der Waals surface area (Å²) >= 11 is 0. The summed E-state index contributed by atoms with van der Waals surface area (Å²) in [5.74, 6) is -2.22. The van der Waals surface area contributed by atoms with Crippen LogP contribution in [0.5, 0.6) is 5.75 Å². The van der Waals surface area contributed by atoms with Crippen molar-refractivity contribution in [1.29, 1.82) is 0 Å². The van der Waals surface area contributed by atoms with Gasteiger partial charge in [-0.05, 0) is 19.1 Å². The summed E-state index contributed by atoms with van der Waals surface area (Å²) in [5, 5.41) is 2.57. The largest absolute Gasteiger partial charge is 0.481 e. The minimum atomic E-state index is -1.01. The number of benzene rings is 1. The van der Waals surface area contributed by atoms with Gasteiger partial charge in [0.2, 0.25) is 0 Å². The summed E-state index contributed by atoms with van der Waals surface area (Å²) in [6.45, 7) is 2.27. The number of carbonyl (C=O) groups is 1. The van der Waals surface area contributed by atoms with E-state index in [1.165, 1.54) is 20.1 Å². The molecule has 0 spiro atoms. The third-order valence-electron chi connectivity index (χ3n) is 2.18. The van der Waals surface area contributed by atoms with Crippen LogP contribution >= 0.6 is 0 Å². The summed E-state index contributed by atoms with van der Waals surface area (Å²) in [4.78, 5) is 11.5. The molecular weight excluding hydrogens is 244 g/mol. The van der Waals surface area contributed by atoms with Crippen molar-refractivity contribution < 1.29 is 23.0 Å². The Morgan fingerprint density at radius 2 is 2.11 bits per heavy atom. The molecule has 0 fully saturated rings. The third-order valence-corrected chi connectivity index (χ3v) is 2.18. The maximum atomic E-state index is 12.9. The lowest BCUT2D eigenvalue weighted by molar-refractivity contribution is -0.127. The Morgan fingerprint density at radius 3 is 2.72 bits per heavy atom. The van der Waals surface area contributed by atoms with Crippen molar-refractivity contribution in [3.05, 3.63) is 29.8 Å². The van der Waals surface area contributed by atoms with Crippen molar-refractivity contribution >= 4 is 5.91 Å². The third kappa shape index (κ3) is 4.29. The molecule has 1 N–H and O–H groups in total. The molecule has 0 aliphatic carbocycles. The number of nitrogens with one attached hydrogen (secondary N) is 1. The Bertz CT molecular complexity index is 412. The van der Waals surface area contributed by atoms with Gasteiger partial charge in [-0.1, -0.05) is 0 Å². The topological polar surface area (TPSA) is 47.6 Å². The molecule has 1 aromatic carbocycles. The molecule has 0 aliphatic heterocycles. The van der Waals surface area contributed by atoms with E-state index in [0.717, 1.165) is 12.1 Å². The first kappa shape index (κ1) is 14.4. The average molecular weight is 259 g/mol. The average Bonchev–Trinajstić information content (AvgIpc) is 2.34. The summed E-state index contributed by atoms with van der Waals surface area (Å²) in [6, 6.07) is 3.10. The molecule has 0 aliphatic rings. The maximum Gasteiger partial charge on any atom is 0.260 e.